The zero-order valence-electron chi connectivity index (χ0n) is 12.9. The van der Waals surface area contributed by atoms with Crippen LogP contribution in [0.15, 0.2) is 6.07 Å². The Morgan fingerprint density at radius 2 is 2.11 bits per heavy atom. The fraction of sp³-hybridized carbons (Fsp3) is 0.800. The van der Waals surface area contributed by atoms with E-state index < -0.39 is 0 Å². The van der Waals surface area contributed by atoms with Crippen LogP contribution in [0, 0.1) is 0 Å². The van der Waals surface area contributed by atoms with Crippen molar-refractivity contribution < 1.29 is 0 Å². The average Bonchev–Trinajstić information content (AvgIpc) is 2.76. The number of rotatable bonds is 10. The van der Waals surface area contributed by atoms with Gasteiger partial charge < -0.3 is 5.32 Å². The highest BCUT2D eigenvalue weighted by Gasteiger charge is 2.12. The van der Waals surface area contributed by atoms with Crippen LogP contribution < -0.4 is 5.32 Å². The summed E-state index contributed by atoms with van der Waals surface area (Å²) in [5.41, 5.74) is 2.55. The second-order valence-corrected chi connectivity index (χ2v) is 6.18. The summed E-state index contributed by atoms with van der Waals surface area (Å²) in [5, 5.41) is 8.21. The third-order valence-corrected chi connectivity index (χ3v) is 4.53. The monoisotopic (exact) mass is 283 g/mol. The van der Waals surface area contributed by atoms with Crippen LogP contribution in [0.4, 0.5) is 0 Å². The summed E-state index contributed by atoms with van der Waals surface area (Å²) in [7, 11) is 2.06. The number of aryl methyl sites for hydroxylation is 2. The van der Waals surface area contributed by atoms with Crippen molar-refractivity contribution in [3.05, 3.63) is 17.5 Å². The third kappa shape index (κ3) is 6.00. The van der Waals surface area contributed by atoms with Crippen molar-refractivity contribution >= 4 is 11.8 Å². The minimum atomic E-state index is 0.566. The molecule has 0 bridgehead atoms. The highest BCUT2D eigenvalue weighted by Crippen LogP contribution is 2.11. The number of nitrogens with one attached hydrogen (secondary N) is 1. The van der Waals surface area contributed by atoms with E-state index in [-0.39, 0.29) is 0 Å². The van der Waals surface area contributed by atoms with E-state index in [0.29, 0.717) is 6.04 Å². The van der Waals surface area contributed by atoms with Crippen LogP contribution in [0.1, 0.15) is 45.0 Å². The van der Waals surface area contributed by atoms with E-state index in [0.717, 1.165) is 19.4 Å². The van der Waals surface area contributed by atoms with E-state index in [9.17, 15) is 0 Å². The molecule has 1 rings (SSSR count). The van der Waals surface area contributed by atoms with Gasteiger partial charge in [-0.3, -0.25) is 4.68 Å². The summed E-state index contributed by atoms with van der Waals surface area (Å²) in [6, 6.07) is 2.82. The Morgan fingerprint density at radius 3 is 2.68 bits per heavy atom. The highest BCUT2D eigenvalue weighted by atomic mass is 32.2. The standard InChI is InChI=1S/C15H29N3S/c1-5-8-16-14(12-19-9-6-2)11-15-10-13(7-3)17-18(15)4/h10,14,16H,5-9,11-12H2,1-4H3. The number of thioether (sulfide) groups is 1. The average molecular weight is 283 g/mol. The summed E-state index contributed by atoms with van der Waals surface area (Å²) < 4.78 is 2.05. The minimum absolute atomic E-state index is 0.566. The van der Waals surface area contributed by atoms with Crippen molar-refractivity contribution in [3.63, 3.8) is 0 Å². The lowest BCUT2D eigenvalue weighted by molar-refractivity contribution is 0.531. The zero-order valence-corrected chi connectivity index (χ0v) is 13.7. The summed E-state index contributed by atoms with van der Waals surface area (Å²) in [6.07, 6.45) is 4.56. The maximum Gasteiger partial charge on any atom is 0.0624 e. The van der Waals surface area contributed by atoms with Crippen molar-refractivity contribution in [2.24, 2.45) is 7.05 Å². The molecule has 19 heavy (non-hydrogen) atoms. The van der Waals surface area contributed by atoms with Gasteiger partial charge in [-0.1, -0.05) is 20.8 Å². The Morgan fingerprint density at radius 1 is 1.32 bits per heavy atom. The fourth-order valence-corrected chi connectivity index (χ4v) is 3.07. The van der Waals surface area contributed by atoms with Crippen LogP contribution in [0.3, 0.4) is 0 Å². The third-order valence-electron chi connectivity index (χ3n) is 3.20. The molecule has 1 aromatic rings. The van der Waals surface area contributed by atoms with Crippen molar-refractivity contribution in [3.8, 4) is 0 Å². The van der Waals surface area contributed by atoms with Gasteiger partial charge in [0.2, 0.25) is 0 Å². The van der Waals surface area contributed by atoms with E-state index in [1.807, 2.05) is 4.68 Å². The molecule has 0 amide bonds. The van der Waals surface area contributed by atoms with Gasteiger partial charge in [0.1, 0.15) is 0 Å². The maximum absolute atomic E-state index is 4.54. The molecule has 0 saturated heterocycles. The second kappa shape index (κ2) is 9.43. The van der Waals surface area contributed by atoms with E-state index in [2.05, 4.69) is 56.1 Å². The Labute approximate surface area is 122 Å². The Balaban J connectivity index is 2.55. The molecule has 1 unspecified atom stereocenters. The molecule has 1 N–H and O–H groups in total. The van der Waals surface area contributed by atoms with Gasteiger partial charge in [0.25, 0.3) is 0 Å². The lowest BCUT2D eigenvalue weighted by Crippen LogP contribution is -2.34. The van der Waals surface area contributed by atoms with Crippen LogP contribution in [0.25, 0.3) is 0 Å². The van der Waals surface area contributed by atoms with E-state index >= 15 is 0 Å². The molecular formula is C15H29N3S. The van der Waals surface area contributed by atoms with Crippen LogP contribution in [-0.4, -0.2) is 33.9 Å². The predicted octanol–water partition coefficient (Wildman–Crippen LogP) is 3.04. The van der Waals surface area contributed by atoms with Crippen LogP contribution in [-0.2, 0) is 19.9 Å². The fourth-order valence-electron chi connectivity index (χ4n) is 2.10. The summed E-state index contributed by atoms with van der Waals surface area (Å²) in [6.45, 7) is 7.74. The first-order valence-corrected chi connectivity index (χ1v) is 8.69. The number of hydrogen-bond donors (Lipinski definition) is 1. The summed E-state index contributed by atoms with van der Waals surface area (Å²) in [5.74, 6) is 2.45. The van der Waals surface area contributed by atoms with Gasteiger partial charge in [0, 0.05) is 31.0 Å². The lowest BCUT2D eigenvalue weighted by atomic mass is 10.1. The number of hydrogen-bond acceptors (Lipinski definition) is 3. The molecule has 1 atom stereocenters. The first kappa shape index (κ1) is 16.6. The van der Waals surface area contributed by atoms with Crippen LogP contribution in [0.5, 0.6) is 0 Å². The molecule has 4 heteroatoms. The first-order chi connectivity index (χ1) is 9.21. The van der Waals surface area contributed by atoms with Gasteiger partial charge in [-0.05, 0) is 37.6 Å². The van der Waals surface area contributed by atoms with Gasteiger partial charge in [-0.2, -0.15) is 16.9 Å². The molecule has 0 spiro atoms. The maximum atomic E-state index is 4.54. The quantitative estimate of drug-likeness (QED) is 0.669. The zero-order chi connectivity index (χ0) is 14.1. The smallest absolute Gasteiger partial charge is 0.0624 e. The molecule has 110 valence electrons. The van der Waals surface area contributed by atoms with E-state index in [1.165, 1.54) is 35.7 Å². The largest absolute Gasteiger partial charge is 0.313 e. The Bertz CT molecular complexity index is 349. The van der Waals surface area contributed by atoms with Gasteiger partial charge in [0.05, 0.1) is 5.69 Å². The molecule has 0 aliphatic rings. The molecular weight excluding hydrogens is 254 g/mol. The SMILES string of the molecule is CCCNC(CSCCC)Cc1cc(CC)nn1C. The number of nitrogens with zero attached hydrogens (tertiary/aromatic N) is 2. The van der Waals surface area contributed by atoms with Gasteiger partial charge >= 0.3 is 0 Å². The molecule has 1 aromatic heterocycles. The normalized spacial score (nSPS) is 12.8. The van der Waals surface area contributed by atoms with Crippen molar-refractivity contribution in [1.82, 2.24) is 15.1 Å². The summed E-state index contributed by atoms with van der Waals surface area (Å²) >= 11 is 2.06. The molecule has 0 aliphatic heterocycles. The molecule has 0 aromatic carbocycles. The van der Waals surface area contributed by atoms with Crippen molar-refractivity contribution in [2.75, 3.05) is 18.1 Å². The van der Waals surface area contributed by atoms with Gasteiger partial charge in [0.15, 0.2) is 0 Å². The first-order valence-electron chi connectivity index (χ1n) is 7.54. The molecule has 0 radical (unpaired) electrons. The topological polar surface area (TPSA) is 29.9 Å². The number of aromatic nitrogens is 2. The Hall–Kier alpha value is -0.480. The molecule has 0 fully saturated rings. The summed E-state index contributed by atoms with van der Waals surface area (Å²) in [4.78, 5) is 0. The molecule has 0 aliphatic carbocycles. The Kier molecular flexibility index (Phi) is 8.22. The van der Waals surface area contributed by atoms with E-state index in [4.69, 9.17) is 0 Å². The molecule has 3 nitrogen and oxygen atoms in total. The van der Waals surface area contributed by atoms with E-state index in [1.54, 1.807) is 0 Å². The van der Waals surface area contributed by atoms with Crippen LogP contribution in [0.2, 0.25) is 0 Å². The van der Waals surface area contributed by atoms with Gasteiger partial charge in [-0.25, -0.2) is 0 Å². The predicted molar refractivity (Wildman–Crippen MR) is 86.0 cm³/mol. The van der Waals surface area contributed by atoms with Gasteiger partial charge in [-0.15, -0.1) is 0 Å². The van der Waals surface area contributed by atoms with Crippen molar-refractivity contribution in [1.29, 1.82) is 0 Å². The van der Waals surface area contributed by atoms with Crippen LogP contribution >= 0.6 is 11.8 Å². The van der Waals surface area contributed by atoms with Crippen molar-refractivity contribution in [2.45, 2.75) is 52.5 Å². The highest BCUT2D eigenvalue weighted by molar-refractivity contribution is 7.99. The second-order valence-electron chi connectivity index (χ2n) is 5.03. The lowest BCUT2D eigenvalue weighted by Gasteiger charge is -2.18. The molecule has 1 heterocycles. The molecule has 0 saturated carbocycles. The minimum Gasteiger partial charge on any atom is -0.313 e.